The number of aliphatic carboxylic acids is 2. The molecule has 1 fully saturated rings. The summed E-state index contributed by atoms with van der Waals surface area (Å²) in [5.74, 6) is -13.7. The van der Waals surface area contributed by atoms with Gasteiger partial charge < -0.3 is 79.3 Å². The van der Waals surface area contributed by atoms with Crippen molar-refractivity contribution < 1.29 is 78.0 Å². The molecule has 0 aromatic carbocycles. The van der Waals surface area contributed by atoms with E-state index >= 15 is 0 Å². The standard InChI is InChI=1S/C49H85N11O16/c1-11-26(9)38(58-40(66)28(50)21-61)46(72)52-29(15-16-36(64)65)48(74)60-17-13-14-34(60)44(70)57-37(25(7)8)45(71)53-31(19-24(5)6)42(68)56-33(22-62)43(69)59-39(27(10)12-2)47(73)54-30(18-23(3)4)41(67)55-32(49(75)76)20-35(51)63/h23-34,37-39,61-62H,11-22,50H2,1-10H3,(H2,51,63)(H,52,72)(H,53,71)(H,54,73)(H,55,67)(H,56,68)(H,57,70)(H,58,66)(H,59,69)(H,64,65)(H,75,76)/t26-,27-,28-,29-,30-,31-,32-,33-,34-,37-,38-,39-/m0/s1. The van der Waals surface area contributed by atoms with Crippen LogP contribution >= 0.6 is 0 Å². The molecule has 27 nitrogen and oxygen atoms in total. The van der Waals surface area contributed by atoms with Crippen LogP contribution in [-0.2, 0) is 57.5 Å². The molecule has 0 aromatic rings. The van der Waals surface area contributed by atoms with Crippen molar-refractivity contribution in [1.29, 1.82) is 0 Å². The van der Waals surface area contributed by atoms with Gasteiger partial charge in [-0.15, -0.1) is 0 Å². The van der Waals surface area contributed by atoms with Gasteiger partial charge in [0.05, 0.1) is 19.6 Å². The molecule has 0 bridgehead atoms. The van der Waals surface area contributed by atoms with Gasteiger partial charge >= 0.3 is 11.9 Å². The van der Waals surface area contributed by atoms with Crippen molar-refractivity contribution in [3.8, 4) is 0 Å². The van der Waals surface area contributed by atoms with Gasteiger partial charge in [0, 0.05) is 13.0 Å². The van der Waals surface area contributed by atoms with E-state index in [1.807, 2.05) is 0 Å². The second-order valence-corrected chi connectivity index (χ2v) is 20.6. The molecule has 0 unspecified atom stereocenters. The van der Waals surface area contributed by atoms with Crippen LogP contribution < -0.4 is 54.0 Å². The topological polar surface area (TPSA) is 437 Å². The van der Waals surface area contributed by atoms with E-state index < -0.39 is 175 Å². The summed E-state index contributed by atoms with van der Waals surface area (Å²) < 4.78 is 0. The highest BCUT2D eigenvalue weighted by atomic mass is 16.4. The lowest BCUT2D eigenvalue weighted by Crippen LogP contribution is -2.62. The molecule has 12 atom stereocenters. The SMILES string of the molecule is CC[C@H](C)[C@H](NC(=O)[C@H](CO)NC(=O)[C@H](CC(C)C)NC(=O)[C@@H](NC(=O)[C@@H]1CCCN1C(=O)[C@H](CCC(=O)O)NC(=O)[C@@H](NC(=O)[C@@H](N)CO)[C@@H](C)CC)C(C)C)C(=O)N[C@@H](CC(C)C)C(=O)N[C@@H](CC(N)=O)C(=O)O. The maximum absolute atomic E-state index is 14.2. The highest BCUT2D eigenvalue weighted by Gasteiger charge is 2.42. The number of primary amides is 1. The average molecular weight is 1080 g/mol. The van der Waals surface area contributed by atoms with Crippen LogP contribution in [0.25, 0.3) is 0 Å². The Bertz CT molecular complexity index is 2040. The van der Waals surface area contributed by atoms with Crippen LogP contribution in [0.5, 0.6) is 0 Å². The number of carboxylic acids is 2. The molecule has 16 N–H and O–H groups in total. The number of rotatable bonds is 34. The summed E-state index contributed by atoms with van der Waals surface area (Å²) in [6, 6.07) is -13.9. The van der Waals surface area contributed by atoms with Crippen molar-refractivity contribution in [3.05, 3.63) is 0 Å². The number of nitrogens with one attached hydrogen (secondary N) is 8. The molecule has 0 radical (unpaired) electrons. The second-order valence-electron chi connectivity index (χ2n) is 20.6. The van der Waals surface area contributed by atoms with E-state index in [1.165, 1.54) is 4.90 Å². The van der Waals surface area contributed by atoms with Crippen molar-refractivity contribution in [2.45, 2.75) is 187 Å². The minimum absolute atomic E-state index is 0.000349. The van der Waals surface area contributed by atoms with Gasteiger partial charge in [0.1, 0.15) is 60.4 Å². The van der Waals surface area contributed by atoms with Crippen LogP contribution in [-0.4, -0.2) is 177 Å². The molecule has 1 saturated heterocycles. The summed E-state index contributed by atoms with van der Waals surface area (Å²) in [6.45, 7) is 15.3. The Morgan fingerprint density at radius 3 is 1.39 bits per heavy atom. The van der Waals surface area contributed by atoms with Crippen LogP contribution in [0.3, 0.4) is 0 Å². The molecule has 1 heterocycles. The third kappa shape index (κ3) is 22.0. The van der Waals surface area contributed by atoms with E-state index in [-0.39, 0.29) is 44.1 Å². The smallest absolute Gasteiger partial charge is 0.326 e. The zero-order valence-electron chi connectivity index (χ0n) is 45.4. The van der Waals surface area contributed by atoms with Gasteiger partial charge in [0.15, 0.2) is 0 Å². The summed E-state index contributed by atoms with van der Waals surface area (Å²) in [5.41, 5.74) is 10.8. The number of aliphatic hydroxyl groups is 2. The van der Waals surface area contributed by atoms with Crippen LogP contribution in [0.1, 0.15) is 127 Å². The number of carbonyl (C=O) groups excluding carboxylic acids is 10. The Balaban J connectivity index is 3.37. The number of likely N-dealkylation sites (tertiary alicyclic amines) is 1. The third-order valence-corrected chi connectivity index (χ3v) is 13.0. The highest BCUT2D eigenvalue weighted by molar-refractivity contribution is 5.99. The third-order valence-electron chi connectivity index (χ3n) is 13.0. The van der Waals surface area contributed by atoms with E-state index in [9.17, 15) is 78.0 Å². The van der Waals surface area contributed by atoms with Gasteiger partial charge in [-0.1, -0.05) is 82.1 Å². The van der Waals surface area contributed by atoms with Gasteiger partial charge in [-0.3, -0.25) is 52.7 Å². The largest absolute Gasteiger partial charge is 0.481 e. The van der Waals surface area contributed by atoms with E-state index in [4.69, 9.17) is 11.5 Å². The molecule has 1 aliphatic rings. The van der Waals surface area contributed by atoms with Crippen LogP contribution in [0.2, 0.25) is 0 Å². The first-order valence-corrected chi connectivity index (χ1v) is 25.9. The van der Waals surface area contributed by atoms with Crippen molar-refractivity contribution in [2.24, 2.45) is 41.1 Å². The molecule has 27 heteroatoms. The van der Waals surface area contributed by atoms with Gasteiger partial charge in [-0.05, 0) is 61.7 Å². The van der Waals surface area contributed by atoms with E-state index in [0.717, 1.165) is 0 Å². The lowest BCUT2D eigenvalue weighted by molar-refractivity contribution is -0.144. The lowest BCUT2D eigenvalue weighted by atomic mass is 9.96. The lowest BCUT2D eigenvalue weighted by Gasteiger charge is -2.32. The first-order valence-electron chi connectivity index (χ1n) is 25.9. The fourth-order valence-electron chi connectivity index (χ4n) is 8.14. The Morgan fingerprint density at radius 1 is 0.553 bits per heavy atom. The normalized spacial score (nSPS) is 17.7. The molecule has 0 aromatic heterocycles. The number of carboxylic acid groups (broad SMARTS) is 2. The second kappa shape index (κ2) is 32.8. The number of nitrogens with two attached hydrogens (primary N) is 2. The maximum atomic E-state index is 14.2. The summed E-state index contributed by atoms with van der Waals surface area (Å²) in [4.78, 5) is 159. The van der Waals surface area contributed by atoms with Crippen molar-refractivity contribution in [1.82, 2.24) is 47.4 Å². The van der Waals surface area contributed by atoms with Crippen molar-refractivity contribution >= 4 is 71.0 Å². The van der Waals surface area contributed by atoms with Crippen LogP contribution in [0, 0.1) is 29.6 Å². The molecule has 0 aliphatic carbocycles. The molecule has 1 rings (SSSR count). The zero-order valence-corrected chi connectivity index (χ0v) is 45.4. The quantitative estimate of drug-likeness (QED) is 0.0302. The molecule has 0 spiro atoms. The number of aliphatic hydroxyl groups excluding tert-OH is 2. The fourth-order valence-corrected chi connectivity index (χ4v) is 8.14. The predicted octanol–water partition coefficient (Wildman–Crippen LogP) is -3.17. The average Bonchev–Trinajstić information content (AvgIpc) is 3.84. The monoisotopic (exact) mass is 1080 g/mol. The predicted molar refractivity (Wildman–Crippen MR) is 273 cm³/mol. The number of carbonyl (C=O) groups is 12. The van der Waals surface area contributed by atoms with E-state index in [0.29, 0.717) is 19.3 Å². The Morgan fingerprint density at radius 2 is 0.987 bits per heavy atom. The molecular weight excluding hydrogens is 999 g/mol. The fraction of sp³-hybridized carbons (Fsp3) is 0.755. The Hall–Kier alpha value is -6.48. The van der Waals surface area contributed by atoms with Gasteiger partial charge in [-0.2, -0.15) is 0 Å². The first-order chi connectivity index (χ1) is 35.4. The summed E-state index contributed by atoms with van der Waals surface area (Å²) >= 11 is 0. The molecule has 10 amide bonds. The summed E-state index contributed by atoms with van der Waals surface area (Å²) in [6.07, 6.45) is -0.501. The number of hydrogen-bond donors (Lipinski definition) is 14. The Kier molecular flexibility index (Phi) is 29.2. The molecule has 0 saturated carbocycles. The zero-order chi connectivity index (χ0) is 58.3. The minimum atomic E-state index is -1.69. The summed E-state index contributed by atoms with van der Waals surface area (Å²) in [5, 5.41) is 58.8. The molecule has 76 heavy (non-hydrogen) atoms. The molecular formula is C49H85N11O16. The molecule has 432 valence electrons. The van der Waals surface area contributed by atoms with Crippen LogP contribution in [0.4, 0.5) is 0 Å². The van der Waals surface area contributed by atoms with Gasteiger partial charge in [0.25, 0.3) is 0 Å². The summed E-state index contributed by atoms with van der Waals surface area (Å²) in [7, 11) is 0. The molecule has 1 aliphatic heterocycles. The van der Waals surface area contributed by atoms with E-state index in [1.54, 1.807) is 69.2 Å². The first kappa shape index (κ1) is 67.5. The van der Waals surface area contributed by atoms with Gasteiger partial charge in [-0.25, -0.2) is 4.79 Å². The maximum Gasteiger partial charge on any atom is 0.326 e. The number of amides is 10. The van der Waals surface area contributed by atoms with Crippen LogP contribution in [0.15, 0.2) is 0 Å². The highest BCUT2D eigenvalue weighted by Crippen LogP contribution is 2.22. The number of hydrogen-bond acceptors (Lipinski definition) is 15. The van der Waals surface area contributed by atoms with Gasteiger partial charge in [0.2, 0.25) is 59.1 Å². The van der Waals surface area contributed by atoms with Crippen molar-refractivity contribution in [3.63, 3.8) is 0 Å². The number of nitrogens with zero attached hydrogens (tertiary/aromatic N) is 1. The van der Waals surface area contributed by atoms with E-state index in [2.05, 4.69) is 42.5 Å². The minimum Gasteiger partial charge on any atom is -0.481 e. The Labute approximate surface area is 443 Å². The van der Waals surface area contributed by atoms with Crippen molar-refractivity contribution in [2.75, 3.05) is 19.8 Å².